The summed E-state index contributed by atoms with van der Waals surface area (Å²) in [7, 11) is -12.3. The van der Waals surface area contributed by atoms with Crippen LogP contribution in [0, 0.1) is 111 Å². The van der Waals surface area contributed by atoms with Crippen LogP contribution in [-0.4, -0.2) is 27.9 Å². The van der Waals surface area contributed by atoms with E-state index in [9.17, 15) is 43.2 Å². The number of fused-ring (bicyclic) bond motifs is 5. The summed E-state index contributed by atoms with van der Waals surface area (Å²) in [4.78, 5) is 0. The number of hydrogen-bond acceptors (Lipinski definition) is 6. The molecule has 0 amide bonds. The van der Waals surface area contributed by atoms with Gasteiger partial charge < -0.3 is 8.37 Å². The molecule has 0 aromatic heterocycles. The number of aryl methyl sites for hydroxylation is 6. The molecule has 6 rings (SSSR count). The molecule has 332 valence electrons. The van der Waals surface area contributed by atoms with Gasteiger partial charge in [0.05, 0.1) is 0 Å². The smallest absolute Gasteiger partial charge is 0.375 e. The van der Waals surface area contributed by atoms with E-state index < -0.39 is 42.8 Å². The number of hydrogen-bond donors (Lipinski definition) is 0. The minimum Gasteiger partial charge on any atom is -0.375 e. The van der Waals surface area contributed by atoms with Crippen molar-refractivity contribution in [3.05, 3.63) is 101 Å². The van der Waals surface area contributed by atoms with Crippen molar-refractivity contribution < 1.29 is 51.5 Å². The third-order valence-electron chi connectivity index (χ3n) is 13.8. The molecule has 0 N–H and O–H groups in total. The minimum atomic E-state index is -6.14. The molecule has 0 aliphatic carbocycles. The van der Waals surface area contributed by atoms with E-state index in [1.807, 2.05) is 81.4 Å². The monoisotopic (exact) mass is 900 g/mol. The first-order chi connectivity index (χ1) is 28.2. The predicted octanol–water partition coefficient (Wildman–Crippen LogP) is 13.9. The second-order valence-electron chi connectivity index (χ2n) is 16.9. The predicted molar refractivity (Wildman–Crippen MR) is 237 cm³/mol. The summed E-state index contributed by atoms with van der Waals surface area (Å²) in [6, 6.07) is 3.83. The van der Waals surface area contributed by atoms with E-state index >= 15 is 0 Å². The minimum absolute atomic E-state index is 0.176. The molecule has 6 nitrogen and oxygen atoms in total. The van der Waals surface area contributed by atoms with Gasteiger partial charge in [-0.1, -0.05) is 12.1 Å². The van der Waals surface area contributed by atoms with Gasteiger partial charge in [0.1, 0.15) is 0 Å². The second kappa shape index (κ2) is 14.9. The van der Waals surface area contributed by atoms with E-state index in [-0.39, 0.29) is 22.3 Å². The zero-order valence-electron chi connectivity index (χ0n) is 37.7. The van der Waals surface area contributed by atoms with Crippen LogP contribution in [0.15, 0.2) is 12.1 Å². The molecule has 0 fully saturated rings. The topological polar surface area (TPSA) is 86.7 Å². The average Bonchev–Trinajstić information content (AvgIpc) is 3.16. The number of rotatable bonds is 6. The summed E-state index contributed by atoms with van der Waals surface area (Å²) in [5, 5.41) is 3.86. The highest BCUT2D eigenvalue weighted by Gasteiger charge is 2.50. The normalized spacial score (nSPS) is 12.9. The van der Waals surface area contributed by atoms with Crippen molar-refractivity contribution in [2.45, 2.75) is 122 Å². The summed E-state index contributed by atoms with van der Waals surface area (Å²) >= 11 is 0. The summed E-state index contributed by atoms with van der Waals surface area (Å²) in [6.07, 6.45) is 0. The van der Waals surface area contributed by atoms with E-state index in [1.165, 1.54) is 13.8 Å². The van der Waals surface area contributed by atoms with Crippen molar-refractivity contribution in [1.82, 2.24) is 0 Å². The molecule has 0 aliphatic heterocycles. The fourth-order valence-electron chi connectivity index (χ4n) is 9.18. The van der Waals surface area contributed by atoms with Crippen LogP contribution in [-0.2, 0) is 20.2 Å². The Morgan fingerprint density at radius 2 is 0.613 bits per heavy atom. The van der Waals surface area contributed by atoms with E-state index in [2.05, 4.69) is 0 Å². The Balaban J connectivity index is 2.03. The Hall–Kier alpha value is -4.82. The molecule has 62 heavy (non-hydrogen) atoms. The molecule has 0 aliphatic rings. The summed E-state index contributed by atoms with van der Waals surface area (Å²) < 4.78 is 147. The lowest BCUT2D eigenvalue weighted by atomic mass is 9.76. The molecule has 0 bridgehead atoms. The van der Waals surface area contributed by atoms with E-state index in [4.69, 9.17) is 8.37 Å². The maximum Gasteiger partial charge on any atom is 0.534 e. The van der Waals surface area contributed by atoms with E-state index in [0.717, 1.165) is 44.5 Å². The first kappa shape index (κ1) is 46.7. The Kier molecular flexibility index (Phi) is 11.2. The number of benzene rings is 6. The third kappa shape index (κ3) is 6.73. The van der Waals surface area contributed by atoms with Gasteiger partial charge in [0.25, 0.3) is 0 Å². The lowest BCUT2D eigenvalue weighted by molar-refractivity contribution is -0.0504. The molecule has 0 radical (unpaired) electrons. The van der Waals surface area contributed by atoms with Gasteiger partial charge in [0, 0.05) is 11.1 Å². The van der Waals surface area contributed by atoms with Gasteiger partial charge in [0.2, 0.25) is 0 Å². The third-order valence-corrected chi connectivity index (χ3v) is 15.7. The van der Waals surface area contributed by atoms with Crippen LogP contribution in [0.25, 0.3) is 54.6 Å². The maximum atomic E-state index is 14.1. The van der Waals surface area contributed by atoms with E-state index in [0.29, 0.717) is 76.8 Å². The van der Waals surface area contributed by atoms with Crippen LogP contribution < -0.4 is 8.37 Å². The molecule has 0 saturated carbocycles. The zero-order chi connectivity index (χ0) is 47.0. The largest absolute Gasteiger partial charge is 0.534 e. The second-order valence-corrected chi connectivity index (χ2v) is 19.9. The highest BCUT2D eigenvalue weighted by Crippen LogP contribution is 2.55. The number of halogens is 6. The Labute approximate surface area is 359 Å². The first-order valence-corrected chi connectivity index (χ1v) is 22.7. The van der Waals surface area contributed by atoms with Gasteiger partial charge in [-0.25, -0.2) is 0 Å². The highest BCUT2D eigenvalue weighted by molar-refractivity contribution is 7.88. The zero-order valence-corrected chi connectivity index (χ0v) is 39.3. The Bertz CT molecular complexity index is 3020. The van der Waals surface area contributed by atoms with Gasteiger partial charge in [-0.3, -0.25) is 0 Å². The quantitative estimate of drug-likeness (QED) is 0.0716. The van der Waals surface area contributed by atoms with Crippen LogP contribution in [0.2, 0.25) is 0 Å². The standard InChI is InChI=1S/C48H50F6O6S2/c1-19-17-35-37(27(9)21(19)3)41-34(16)40(44-30(12)24(6)26(8)32(14)46(44)60-62(57,58)48(52,53)54)36-18-20(2)22(4)28(10)38(36)42(41)33(15)39(35)43-29(11)23(5)25(7)31(13)45(43)59-61(55,56)47(49,50)51/h17-18H,1-16H3. The molecule has 0 saturated heterocycles. The SMILES string of the molecule is Cc1cc2c(-c3c(C)c(C)c(C)c(C)c3OS(=O)(=O)C(F)(F)F)c(C)c3c4c(C)c(C)c(C)cc4c(-c4c(C)c(C)c(C)c(C)c4OS(=O)(=O)C(F)(F)F)c(C)c3c2c(C)c1C. The summed E-state index contributed by atoms with van der Waals surface area (Å²) in [5.41, 5.74) is 0.0826. The molecular weight excluding hydrogens is 851 g/mol. The van der Waals surface area contributed by atoms with Crippen LogP contribution >= 0.6 is 0 Å². The molecule has 0 spiro atoms. The van der Waals surface area contributed by atoms with Gasteiger partial charge in [-0.2, -0.15) is 43.2 Å². The summed E-state index contributed by atoms with van der Waals surface area (Å²) in [6.45, 7) is 28.7. The Morgan fingerprint density at radius 1 is 0.339 bits per heavy atom. The van der Waals surface area contributed by atoms with Crippen molar-refractivity contribution in [2.75, 3.05) is 0 Å². The molecular formula is C48H50F6O6S2. The Morgan fingerprint density at radius 3 is 0.887 bits per heavy atom. The van der Waals surface area contributed by atoms with Crippen LogP contribution in [0.4, 0.5) is 26.3 Å². The fraction of sp³-hybridized carbons (Fsp3) is 0.375. The average molecular weight is 901 g/mol. The molecule has 6 aromatic rings. The molecule has 6 aromatic carbocycles. The molecule has 0 unspecified atom stereocenters. The van der Waals surface area contributed by atoms with Crippen molar-refractivity contribution in [3.63, 3.8) is 0 Å². The van der Waals surface area contributed by atoms with Gasteiger partial charge >= 0.3 is 31.3 Å². The van der Waals surface area contributed by atoms with Crippen LogP contribution in [0.1, 0.15) is 89.0 Å². The van der Waals surface area contributed by atoms with Gasteiger partial charge in [0.15, 0.2) is 11.5 Å². The van der Waals surface area contributed by atoms with E-state index in [1.54, 1.807) is 27.7 Å². The molecule has 0 atom stereocenters. The van der Waals surface area contributed by atoms with Crippen LogP contribution in [0.3, 0.4) is 0 Å². The maximum absolute atomic E-state index is 14.1. The van der Waals surface area contributed by atoms with Crippen molar-refractivity contribution in [2.24, 2.45) is 0 Å². The van der Waals surface area contributed by atoms with Gasteiger partial charge in [-0.05, 0) is 243 Å². The van der Waals surface area contributed by atoms with Crippen molar-refractivity contribution in [3.8, 4) is 33.8 Å². The van der Waals surface area contributed by atoms with Crippen LogP contribution in [0.5, 0.6) is 11.5 Å². The lowest BCUT2D eigenvalue weighted by Crippen LogP contribution is -2.28. The molecule has 14 heteroatoms. The lowest BCUT2D eigenvalue weighted by Gasteiger charge is -2.29. The first-order valence-electron chi connectivity index (χ1n) is 19.9. The highest BCUT2D eigenvalue weighted by atomic mass is 32.2. The summed E-state index contributed by atoms with van der Waals surface area (Å²) in [5.74, 6) is -0.893. The molecule has 0 heterocycles. The number of alkyl halides is 6. The fourth-order valence-corrected chi connectivity index (χ4v) is 10.2. The van der Waals surface area contributed by atoms with Crippen molar-refractivity contribution in [1.29, 1.82) is 0 Å². The van der Waals surface area contributed by atoms with Crippen molar-refractivity contribution >= 4 is 52.6 Å². The van der Waals surface area contributed by atoms with Gasteiger partial charge in [-0.15, -0.1) is 0 Å².